The fourth-order valence-corrected chi connectivity index (χ4v) is 1.59. The molecule has 0 radical (unpaired) electrons. The maximum atomic E-state index is 5.84. The molecule has 2 aromatic rings. The van der Waals surface area contributed by atoms with Crippen molar-refractivity contribution >= 4 is 11.6 Å². The molecule has 0 fully saturated rings. The van der Waals surface area contributed by atoms with E-state index in [1.54, 1.807) is 6.20 Å². The lowest BCUT2D eigenvalue weighted by atomic mass is 10.3. The van der Waals surface area contributed by atoms with Crippen LogP contribution in [-0.4, -0.2) is 16.6 Å². The number of benzene rings is 1. The molecule has 1 aromatic carbocycles. The smallest absolute Gasteiger partial charge is 0.127 e. The molecular formula is C11H12ClN3. The summed E-state index contributed by atoms with van der Waals surface area (Å²) in [6, 6.07) is 7.70. The van der Waals surface area contributed by atoms with E-state index in [-0.39, 0.29) is 0 Å². The SMILES string of the molecule is CNCc1nccn1-c1ccc(Cl)cc1. The van der Waals surface area contributed by atoms with E-state index in [1.165, 1.54) is 0 Å². The lowest BCUT2D eigenvalue weighted by Gasteiger charge is -2.07. The molecule has 0 unspecified atom stereocenters. The molecule has 0 amide bonds. The summed E-state index contributed by atoms with van der Waals surface area (Å²) in [5.41, 5.74) is 1.07. The first kappa shape index (κ1) is 10.2. The maximum Gasteiger partial charge on any atom is 0.127 e. The molecule has 4 heteroatoms. The van der Waals surface area contributed by atoms with E-state index in [2.05, 4.69) is 10.3 Å². The number of imidazole rings is 1. The second kappa shape index (κ2) is 4.47. The van der Waals surface area contributed by atoms with E-state index in [9.17, 15) is 0 Å². The Balaban J connectivity index is 2.36. The predicted molar refractivity (Wildman–Crippen MR) is 61.3 cm³/mol. The summed E-state index contributed by atoms with van der Waals surface area (Å²) in [6.45, 7) is 0.746. The van der Waals surface area contributed by atoms with Crippen LogP contribution in [0, 0.1) is 0 Å². The molecule has 1 heterocycles. The zero-order valence-electron chi connectivity index (χ0n) is 8.44. The van der Waals surface area contributed by atoms with Gasteiger partial charge in [-0.05, 0) is 31.3 Å². The zero-order chi connectivity index (χ0) is 10.7. The molecule has 0 aliphatic rings. The molecule has 0 saturated carbocycles. The van der Waals surface area contributed by atoms with Crippen LogP contribution in [0.25, 0.3) is 5.69 Å². The Kier molecular flexibility index (Phi) is 3.04. The van der Waals surface area contributed by atoms with Crippen LogP contribution >= 0.6 is 11.6 Å². The van der Waals surface area contributed by atoms with Gasteiger partial charge in [0.2, 0.25) is 0 Å². The second-order valence-corrected chi connectivity index (χ2v) is 3.66. The van der Waals surface area contributed by atoms with Crippen LogP contribution in [-0.2, 0) is 6.54 Å². The summed E-state index contributed by atoms with van der Waals surface area (Å²) < 4.78 is 2.03. The monoisotopic (exact) mass is 221 g/mol. The Labute approximate surface area is 93.7 Å². The van der Waals surface area contributed by atoms with Gasteiger partial charge in [0.15, 0.2) is 0 Å². The number of nitrogens with zero attached hydrogens (tertiary/aromatic N) is 2. The van der Waals surface area contributed by atoms with Gasteiger partial charge in [-0.25, -0.2) is 4.98 Å². The summed E-state index contributed by atoms with van der Waals surface area (Å²) in [6.07, 6.45) is 3.73. The molecule has 0 bridgehead atoms. The highest BCUT2D eigenvalue weighted by molar-refractivity contribution is 6.30. The fraction of sp³-hybridized carbons (Fsp3) is 0.182. The van der Waals surface area contributed by atoms with Gasteiger partial charge in [0.1, 0.15) is 5.82 Å². The Morgan fingerprint density at radius 1 is 1.33 bits per heavy atom. The van der Waals surface area contributed by atoms with Crippen LogP contribution in [0.5, 0.6) is 0 Å². The first-order chi connectivity index (χ1) is 7.31. The normalized spacial score (nSPS) is 10.5. The molecule has 3 nitrogen and oxygen atoms in total. The van der Waals surface area contributed by atoms with Gasteiger partial charge >= 0.3 is 0 Å². The third kappa shape index (κ3) is 2.19. The molecule has 0 atom stereocenters. The van der Waals surface area contributed by atoms with Crippen LogP contribution in [0.4, 0.5) is 0 Å². The Bertz CT molecular complexity index is 433. The minimum absolute atomic E-state index is 0.744. The van der Waals surface area contributed by atoms with Gasteiger partial charge in [0, 0.05) is 23.1 Å². The highest BCUT2D eigenvalue weighted by Crippen LogP contribution is 2.14. The van der Waals surface area contributed by atoms with Gasteiger partial charge in [-0.15, -0.1) is 0 Å². The van der Waals surface area contributed by atoms with E-state index in [1.807, 2.05) is 42.1 Å². The summed E-state index contributed by atoms with van der Waals surface area (Å²) in [5, 5.41) is 3.83. The zero-order valence-corrected chi connectivity index (χ0v) is 9.20. The first-order valence-corrected chi connectivity index (χ1v) is 5.12. The molecular weight excluding hydrogens is 210 g/mol. The summed E-state index contributed by atoms with van der Waals surface area (Å²) in [5.74, 6) is 0.986. The Morgan fingerprint density at radius 2 is 2.07 bits per heavy atom. The van der Waals surface area contributed by atoms with Crippen molar-refractivity contribution in [2.24, 2.45) is 0 Å². The van der Waals surface area contributed by atoms with Gasteiger partial charge in [-0.3, -0.25) is 0 Å². The van der Waals surface area contributed by atoms with Gasteiger partial charge in [0.05, 0.1) is 6.54 Å². The van der Waals surface area contributed by atoms with E-state index in [0.717, 1.165) is 23.1 Å². The summed E-state index contributed by atoms with van der Waals surface area (Å²) in [4.78, 5) is 4.27. The molecule has 0 spiro atoms. The lowest BCUT2D eigenvalue weighted by Crippen LogP contribution is -2.10. The standard InChI is InChI=1S/C11H12ClN3/c1-13-8-11-14-6-7-15(11)10-4-2-9(12)3-5-10/h2-7,13H,8H2,1H3. The van der Waals surface area contributed by atoms with Gasteiger partial charge in [-0.2, -0.15) is 0 Å². The van der Waals surface area contributed by atoms with Crippen LogP contribution in [0.1, 0.15) is 5.82 Å². The quantitative estimate of drug-likeness (QED) is 0.862. The molecule has 0 saturated heterocycles. The molecule has 78 valence electrons. The molecule has 2 rings (SSSR count). The topological polar surface area (TPSA) is 29.9 Å². The van der Waals surface area contributed by atoms with E-state index in [4.69, 9.17) is 11.6 Å². The third-order valence-electron chi connectivity index (χ3n) is 2.16. The van der Waals surface area contributed by atoms with Crippen molar-refractivity contribution in [3.8, 4) is 5.69 Å². The minimum Gasteiger partial charge on any atom is -0.313 e. The van der Waals surface area contributed by atoms with Crippen LogP contribution in [0.2, 0.25) is 5.02 Å². The van der Waals surface area contributed by atoms with E-state index < -0.39 is 0 Å². The van der Waals surface area contributed by atoms with Crippen molar-refractivity contribution in [3.63, 3.8) is 0 Å². The highest BCUT2D eigenvalue weighted by Gasteiger charge is 2.02. The van der Waals surface area contributed by atoms with Crippen molar-refractivity contribution in [2.75, 3.05) is 7.05 Å². The average molecular weight is 222 g/mol. The van der Waals surface area contributed by atoms with Crippen molar-refractivity contribution in [1.29, 1.82) is 0 Å². The number of hydrogen-bond acceptors (Lipinski definition) is 2. The first-order valence-electron chi connectivity index (χ1n) is 4.74. The molecule has 0 aliphatic heterocycles. The van der Waals surface area contributed by atoms with Crippen molar-refractivity contribution in [2.45, 2.75) is 6.54 Å². The van der Waals surface area contributed by atoms with Crippen LogP contribution in [0.3, 0.4) is 0 Å². The summed E-state index contributed by atoms with van der Waals surface area (Å²) in [7, 11) is 1.90. The molecule has 1 aromatic heterocycles. The number of halogens is 1. The third-order valence-corrected chi connectivity index (χ3v) is 2.41. The number of nitrogens with one attached hydrogen (secondary N) is 1. The van der Waals surface area contributed by atoms with Crippen molar-refractivity contribution < 1.29 is 0 Å². The predicted octanol–water partition coefficient (Wildman–Crippen LogP) is 2.25. The molecule has 0 aliphatic carbocycles. The highest BCUT2D eigenvalue weighted by atomic mass is 35.5. The Morgan fingerprint density at radius 3 is 2.73 bits per heavy atom. The maximum absolute atomic E-state index is 5.84. The van der Waals surface area contributed by atoms with Gasteiger partial charge in [-0.1, -0.05) is 11.6 Å². The molecule has 1 N–H and O–H groups in total. The number of hydrogen-bond donors (Lipinski definition) is 1. The van der Waals surface area contributed by atoms with Crippen LogP contribution < -0.4 is 5.32 Å². The second-order valence-electron chi connectivity index (χ2n) is 3.22. The van der Waals surface area contributed by atoms with Crippen molar-refractivity contribution in [1.82, 2.24) is 14.9 Å². The van der Waals surface area contributed by atoms with E-state index in [0.29, 0.717) is 0 Å². The largest absolute Gasteiger partial charge is 0.313 e. The van der Waals surface area contributed by atoms with Crippen molar-refractivity contribution in [3.05, 3.63) is 47.5 Å². The minimum atomic E-state index is 0.744. The fourth-order valence-electron chi connectivity index (χ4n) is 1.46. The summed E-state index contributed by atoms with van der Waals surface area (Å²) >= 11 is 5.84. The van der Waals surface area contributed by atoms with Crippen LogP contribution in [0.15, 0.2) is 36.7 Å². The van der Waals surface area contributed by atoms with Gasteiger partial charge < -0.3 is 9.88 Å². The average Bonchev–Trinajstić information content (AvgIpc) is 2.68. The number of aromatic nitrogens is 2. The lowest BCUT2D eigenvalue weighted by molar-refractivity contribution is 0.742. The van der Waals surface area contributed by atoms with E-state index >= 15 is 0 Å². The Hall–Kier alpha value is -1.32. The van der Waals surface area contributed by atoms with Gasteiger partial charge in [0.25, 0.3) is 0 Å². The molecule has 15 heavy (non-hydrogen) atoms. The number of rotatable bonds is 3.